The molecule has 0 bridgehead atoms. The molecule has 2 heterocycles. The summed E-state index contributed by atoms with van der Waals surface area (Å²) in [6.07, 6.45) is 0.682. The minimum atomic E-state index is -0.469. The number of aromatic nitrogens is 2. The monoisotopic (exact) mass is 461 g/mol. The molecule has 1 N–H and O–H groups in total. The number of carbonyl (C=O) groups is 1. The normalized spacial score (nSPS) is 11.1. The van der Waals surface area contributed by atoms with Gasteiger partial charge in [0.05, 0.1) is 12.1 Å². The molecular formula is C26H27N3O3S. The fourth-order valence-corrected chi connectivity index (χ4v) is 5.08. The van der Waals surface area contributed by atoms with Gasteiger partial charge in [0.2, 0.25) is 5.91 Å². The molecule has 0 aliphatic rings. The van der Waals surface area contributed by atoms with Crippen molar-refractivity contribution in [3.63, 3.8) is 0 Å². The number of fused-ring (bicyclic) bond motifs is 1. The second kappa shape index (κ2) is 9.58. The van der Waals surface area contributed by atoms with E-state index in [4.69, 9.17) is 0 Å². The fraction of sp³-hybridized carbons (Fsp3) is 0.269. The van der Waals surface area contributed by atoms with Gasteiger partial charge in [0.15, 0.2) is 0 Å². The van der Waals surface area contributed by atoms with Gasteiger partial charge in [-0.25, -0.2) is 9.36 Å². The van der Waals surface area contributed by atoms with Crippen molar-refractivity contribution in [2.24, 2.45) is 0 Å². The van der Waals surface area contributed by atoms with Crippen LogP contribution < -0.4 is 16.6 Å². The van der Waals surface area contributed by atoms with Crippen molar-refractivity contribution < 1.29 is 4.79 Å². The molecule has 4 aromatic rings. The van der Waals surface area contributed by atoms with Gasteiger partial charge in [-0.3, -0.25) is 14.2 Å². The van der Waals surface area contributed by atoms with Crippen LogP contribution in [0, 0.1) is 20.8 Å². The number of amides is 1. The van der Waals surface area contributed by atoms with E-state index >= 15 is 0 Å². The van der Waals surface area contributed by atoms with Gasteiger partial charge in [0.25, 0.3) is 5.56 Å². The van der Waals surface area contributed by atoms with Gasteiger partial charge in [0.1, 0.15) is 11.2 Å². The second-order valence-corrected chi connectivity index (χ2v) is 9.27. The molecule has 0 unspecified atom stereocenters. The maximum absolute atomic E-state index is 13.4. The van der Waals surface area contributed by atoms with Crippen molar-refractivity contribution in [1.82, 2.24) is 14.5 Å². The molecule has 170 valence electrons. The standard InChI is InChI=1S/C26H27N3O3S/c1-17-13-18(2)21(19(3)14-17)15-28-22-10-12-33-24(22)25(31)29(26(28)32)16-23(30)27-11-9-20-7-5-4-6-8-20/h4-8,10,12-14H,9,11,15-16H2,1-3H3,(H,27,30). The third kappa shape index (κ3) is 4.83. The van der Waals surface area contributed by atoms with Gasteiger partial charge < -0.3 is 5.32 Å². The highest BCUT2D eigenvalue weighted by molar-refractivity contribution is 7.17. The molecule has 0 atom stereocenters. The largest absolute Gasteiger partial charge is 0.354 e. The van der Waals surface area contributed by atoms with Crippen molar-refractivity contribution in [3.8, 4) is 0 Å². The first-order valence-corrected chi connectivity index (χ1v) is 11.8. The van der Waals surface area contributed by atoms with Crippen molar-refractivity contribution in [1.29, 1.82) is 0 Å². The summed E-state index contributed by atoms with van der Waals surface area (Å²) >= 11 is 1.29. The van der Waals surface area contributed by atoms with Crippen LogP contribution in [-0.4, -0.2) is 21.6 Å². The average molecular weight is 462 g/mol. The van der Waals surface area contributed by atoms with Crippen LogP contribution in [0.15, 0.2) is 63.5 Å². The van der Waals surface area contributed by atoms with E-state index in [-0.39, 0.29) is 12.5 Å². The Morgan fingerprint density at radius 2 is 1.67 bits per heavy atom. The topological polar surface area (TPSA) is 73.1 Å². The number of hydrogen-bond donors (Lipinski definition) is 1. The lowest BCUT2D eigenvalue weighted by Crippen LogP contribution is -2.44. The molecule has 7 heteroatoms. The maximum Gasteiger partial charge on any atom is 0.332 e. The molecule has 0 radical (unpaired) electrons. The molecule has 4 rings (SSSR count). The van der Waals surface area contributed by atoms with Crippen LogP contribution >= 0.6 is 11.3 Å². The van der Waals surface area contributed by atoms with E-state index in [0.29, 0.717) is 29.7 Å². The van der Waals surface area contributed by atoms with Gasteiger partial charge >= 0.3 is 5.69 Å². The molecule has 2 aromatic heterocycles. The first kappa shape index (κ1) is 22.7. The molecule has 6 nitrogen and oxygen atoms in total. The number of thiophene rings is 1. The maximum atomic E-state index is 13.4. The van der Waals surface area contributed by atoms with Crippen molar-refractivity contribution in [3.05, 3.63) is 103 Å². The zero-order valence-corrected chi connectivity index (χ0v) is 19.9. The first-order valence-electron chi connectivity index (χ1n) is 10.9. The van der Waals surface area contributed by atoms with E-state index in [2.05, 4.69) is 17.4 Å². The van der Waals surface area contributed by atoms with E-state index in [1.807, 2.05) is 51.1 Å². The molecular weight excluding hydrogens is 434 g/mol. The number of nitrogens with one attached hydrogen (secondary N) is 1. The van der Waals surface area contributed by atoms with Gasteiger partial charge in [-0.1, -0.05) is 48.0 Å². The van der Waals surface area contributed by atoms with Crippen LogP contribution in [-0.2, 0) is 24.3 Å². The molecule has 33 heavy (non-hydrogen) atoms. The summed E-state index contributed by atoms with van der Waals surface area (Å²) in [6, 6.07) is 15.8. The number of carbonyl (C=O) groups excluding carboxylic acids is 1. The quantitative estimate of drug-likeness (QED) is 0.457. The number of rotatable bonds is 7. The molecule has 0 spiro atoms. The third-order valence-corrected chi connectivity index (χ3v) is 6.77. The van der Waals surface area contributed by atoms with E-state index < -0.39 is 11.2 Å². The summed E-state index contributed by atoms with van der Waals surface area (Å²) in [5.41, 5.74) is 5.24. The van der Waals surface area contributed by atoms with Crippen LogP contribution in [0.1, 0.15) is 27.8 Å². The Balaban J connectivity index is 1.62. The van der Waals surface area contributed by atoms with Crippen LogP contribution in [0.2, 0.25) is 0 Å². The van der Waals surface area contributed by atoms with Gasteiger partial charge in [0, 0.05) is 6.54 Å². The highest BCUT2D eigenvalue weighted by atomic mass is 32.1. The zero-order valence-electron chi connectivity index (χ0n) is 19.1. The number of aryl methyl sites for hydroxylation is 3. The average Bonchev–Trinajstić information content (AvgIpc) is 3.26. The Morgan fingerprint density at radius 1 is 0.970 bits per heavy atom. The van der Waals surface area contributed by atoms with Crippen LogP contribution in [0.5, 0.6) is 0 Å². The van der Waals surface area contributed by atoms with E-state index in [1.165, 1.54) is 16.9 Å². The minimum Gasteiger partial charge on any atom is -0.354 e. The van der Waals surface area contributed by atoms with Gasteiger partial charge in [-0.15, -0.1) is 11.3 Å². The predicted octanol–water partition coefficient (Wildman–Crippen LogP) is 3.56. The van der Waals surface area contributed by atoms with Crippen molar-refractivity contribution in [2.75, 3.05) is 6.54 Å². The van der Waals surface area contributed by atoms with Gasteiger partial charge in [-0.2, -0.15) is 0 Å². The highest BCUT2D eigenvalue weighted by Gasteiger charge is 2.18. The lowest BCUT2D eigenvalue weighted by atomic mass is 10.00. The lowest BCUT2D eigenvalue weighted by molar-refractivity contribution is -0.121. The number of hydrogen-bond acceptors (Lipinski definition) is 4. The summed E-state index contributed by atoms with van der Waals surface area (Å²) in [5.74, 6) is -0.352. The molecule has 0 aliphatic heterocycles. The van der Waals surface area contributed by atoms with Crippen LogP contribution in [0.4, 0.5) is 0 Å². The predicted molar refractivity (Wildman–Crippen MR) is 133 cm³/mol. The number of nitrogens with zero attached hydrogens (tertiary/aromatic N) is 2. The van der Waals surface area contributed by atoms with E-state index in [0.717, 1.165) is 26.8 Å². The molecule has 0 fully saturated rings. The Hall–Kier alpha value is -3.45. The van der Waals surface area contributed by atoms with Crippen molar-refractivity contribution >= 4 is 27.5 Å². The molecule has 1 amide bonds. The highest BCUT2D eigenvalue weighted by Crippen LogP contribution is 2.20. The summed E-state index contributed by atoms with van der Waals surface area (Å²) in [6.45, 7) is 6.59. The summed E-state index contributed by atoms with van der Waals surface area (Å²) < 4.78 is 3.14. The lowest BCUT2D eigenvalue weighted by Gasteiger charge is -2.16. The van der Waals surface area contributed by atoms with Crippen molar-refractivity contribution in [2.45, 2.75) is 40.3 Å². The molecule has 0 aliphatic carbocycles. The summed E-state index contributed by atoms with van der Waals surface area (Å²) in [7, 11) is 0. The SMILES string of the molecule is Cc1cc(C)c(Cn2c(=O)n(CC(=O)NCCc3ccccc3)c(=O)c3sccc32)c(C)c1. The molecule has 0 saturated carbocycles. The minimum absolute atomic E-state index is 0.299. The van der Waals surface area contributed by atoms with Crippen LogP contribution in [0.25, 0.3) is 10.2 Å². The Kier molecular flexibility index (Phi) is 6.60. The molecule has 2 aromatic carbocycles. The van der Waals surface area contributed by atoms with E-state index in [1.54, 1.807) is 16.0 Å². The Labute approximate surface area is 196 Å². The second-order valence-electron chi connectivity index (χ2n) is 8.36. The van der Waals surface area contributed by atoms with E-state index in [9.17, 15) is 14.4 Å². The van der Waals surface area contributed by atoms with Gasteiger partial charge in [-0.05, 0) is 60.9 Å². The Bertz CT molecular complexity index is 1410. The summed E-state index contributed by atoms with van der Waals surface area (Å²) in [4.78, 5) is 39.0. The summed E-state index contributed by atoms with van der Waals surface area (Å²) in [5, 5.41) is 4.63. The fourth-order valence-electron chi connectivity index (χ4n) is 4.23. The third-order valence-electron chi connectivity index (χ3n) is 5.87. The number of benzene rings is 2. The Morgan fingerprint density at radius 3 is 2.36 bits per heavy atom. The first-order chi connectivity index (χ1) is 15.8. The van der Waals surface area contributed by atoms with Crippen LogP contribution in [0.3, 0.4) is 0 Å². The molecule has 0 saturated heterocycles. The zero-order chi connectivity index (χ0) is 23.5. The smallest absolute Gasteiger partial charge is 0.332 e.